The summed E-state index contributed by atoms with van der Waals surface area (Å²) in [4.78, 5) is 14.6. The number of carbonyl (C=O) groups is 1. The van der Waals surface area contributed by atoms with E-state index in [2.05, 4.69) is 19.8 Å². The minimum atomic E-state index is -4.73. The number of hydrogen-bond donors (Lipinski definition) is 2. The van der Waals surface area contributed by atoms with Crippen LogP contribution in [0.15, 0.2) is 22.2 Å². The molecule has 1 aromatic heterocycles. The number of ether oxygens (including phenoxy) is 1. The second-order valence-corrected chi connectivity index (χ2v) is 7.92. The third-order valence-electron chi connectivity index (χ3n) is 3.46. The highest BCUT2D eigenvalue weighted by Gasteiger charge is 2.33. The SMILES string of the molecule is CNS(=O)(=O)c1c(C=NOC(=O)OC)nn(-c2c(Cl)cc(C(F)(F)F)cc2Cl)c1N. The van der Waals surface area contributed by atoms with Crippen LogP contribution in [0, 0.1) is 0 Å². The largest absolute Gasteiger partial charge is 0.534 e. The van der Waals surface area contributed by atoms with Crippen molar-refractivity contribution < 1.29 is 36.0 Å². The zero-order valence-electron chi connectivity index (χ0n) is 15.0. The first-order valence-electron chi connectivity index (χ1n) is 7.50. The minimum absolute atomic E-state index is 0.315. The molecule has 3 N–H and O–H groups in total. The van der Waals surface area contributed by atoms with Gasteiger partial charge in [-0.1, -0.05) is 28.4 Å². The molecule has 0 atom stereocenters. The van der Waals surface area contributed by atoms with Crippen molar-refractivity contribution >= 4 is 51.4 Å². The number of hydrogen-bond acceptors (Lipinski definition) is 8. The van der Waals surface area contributed by atoms with E-state index in [9.17, 15) is 26.4 Å². The van der Waals surface area contributed by atoms with E-state index >= 15 is 0 Å². The molecule has 2 rings (SSSR count). The average Bonchev–Trinajstić information content (AvgIpc) is 2.97. The third-order valence-corrected chi connectivity index (χ3v) is 5.53. The fraction of sp³-hybridized carbons (Fsp3) is 0.214. The Labute approximate surface area is 177 Å². The fourth-order valence-electron chi connectivity index (χ4n) is 2.15. The maximum Gasteiger partial charge on any atom is 0.534 e. The zero-order chi connectivity index (χ0) is 22.9. The van der Waals surface area contributed by atoms with E-state index in [4.69, 9.17) is 28.9 Å². The van der Waals surface area contributed by atoms with Crippen LogP contribution in [0.2, 0.25) is 10.0 Å². The van der Waals surface area contributed by atoms with Gasteiger partial charge in [0.25, 0.3) is 0 Å². The molecule has 0 bridgehead atoms. The molecule has 0 saturated heterocycles. The Kier molecular flexibility index (Phi) is 6.86. The number of rotatable bonds is 5. The number of carbonyl (C=O) groups excluding carboxylic acids is 1. The highest BCUT2D eigenvalue weighted by atomic mass is 35.5. The molecular formula is C14H12Cl2F3N5O5S. The Morgan fingerprint density at radius 3 is 2.37 bits per heavy atom. The first-order valence-corrected chi connectivity index (χ1v) is 9.74. The number of methoxy groups -OCH3 is 1. The lowest BCUT2D eigenvalue weighted by Crippen LogP contribution is -2.21. The number of nitrogens with zero attached hydrogens (tertiary/aromatic N) is 3. The quantitative estimate of drug-likeness (QED) is 0.285. The van der Waals surface area contributed by atoms with E-state index in [1.54, 1.807) is 0 Å². The topological polar surface area (TPSA) is 138 Å². The van der Waals surface area contributed by atoms with Gasteiger partial charge in [0, 0.05) is 0 Å². The van der Waals surface area contributed by atoms with E-state index < -0.39 is 54.4 Å². The van der Waals surface area contributed by atoms with Crippen LogP contribution < -0.4 is 10.5 Å². The molecule has 0 aliphatic rings. The lowest BCUT2D eigenvalue weighted by atomic mass is 10.2. The van der Waals surface area contributed by atoms with Crippen molar-refractivity contribution in [1.29, 1.82) is 0 Å². The van der Waals surface area contributed by atoms with Gasteiger partial charge in [0.15, 0.2) is 4.90 Å². The molecule has 0 aliphatic carbocycles. The second kappa shape index (κ2) is 8.67. The van der Waals surface area contributed by atoms with Crippen molar-refractivity contribution in [2.45, 2.75) is 11.1 Å². The highest BCUT2D eigenvalue weighted by Crippen LogP contribution is 2.39. The Morgan fingerprint density at radius 2 is 1.90 bits per heavy atom. The monoisotopic (exact) mass is 489 g/mol. The molecule has 30 heavy (non-hydrogen) atoms. The van der Waals surface area contributed by atoms with Gasteiger partial charge >= 0.3 is 12.3 Å². The maximum absolute atomic E-state index is 12.9. The summed E-state index contributed by atoms with van der Waals surface area (Å²) in [6, 6.07) is 1.15. The maximum atomic E-state index is 12.9. The number of benzene rings is 1. The zero-order valence-corrected chi connectivity index (χ0v) is 17.3. The molecule has 0 fully saturated rings. The van der Waals surface area contributed by atoms with Crippen molar-refractivity contribution in [2.24, 2.45) is 5.16 Å². The number of oxime groups is 1. The van der Waals surface area contributed by atoms with Crippen molar-refractivity contribution in [3.8, 4) is 5.69 Å². The summed E-state index contributed by atoms with van der Waals surface area (Å²) in [6.45, 7) is 0. The van der Waals surface area contributed by atoms with E-state index in [-0.39, 0.29) is 5.69 Å². The first kappa shape index (κ1) is 23.7. The molecule has 0 spiro atoms. The van der Waals surface area contributed by atoms with Crippen LogP contribution in [0.3, 0.4) is 0 Å². The van der Waals surface area contributed by atoms with Gasteiger partial charge in [-0.3, -0.25) is 4.84 Å². The standard InChI is InChI=1S/C14H12Cl2F3N5O5S/c1-21-30(26,27)11-9(5-22-29-13(25)28-2)23-24(12(11)20)10-7(15)3-6(4-8(10)16)14(17,18)19/h3-5,21H,20H2,1-2H3. The van der Waals surface area contributed by atoms with E-state index in [1.165, 1.54) is 0 Å². The predicted octanol–water partition coefficient (Wildman–Crippen LogP) is 2.81. The molecule has 1 aromatic carbocycles. The summed E-state index contributed by atoms with van der Waals surface area (Å²) in [5.74, 6) is -0.549. The molecule has 0 radical (unpaired) electrons. The predicted molar refractivity (Wildman–Crippen MR) is 100 cm³/mol. The van der Waals surface area contributed by atoms with Crippen LogP contribution in [-0.4, -0.2) is 44.7 Å². The summed E-state index contributed by atoms with van der Waals surface area (Å²) in [5, 5.41) is 6.08. The van der Waals surface area contributed by atoms with Gasteiger partial charge in [-0.2, -0.15) is 18.3 Å². The van der Waals surface area contributed by atoms with Gasteiger partial charge in [-0.25, -0.2) is 22.6 Å². The molecule has 0 saturated carbocycles. The first-order chi connectivity index (χ1) is 13.8. The molecular weight excluding hydrogens is 478 g/mol. The number of nitrogens with one attached hydrogen (secondary N) is 1. The number of aromatic nitrogens is 2. The third kappa shape index (κ3) is 4.77. The summed E-state index contributed by atoms with van der Waals surface area (Å²) in [7, 11) is -2.16. The Balaban J connectivity index is 2.71. The van der Waals surface area contributed by atoms with Gasteiger partial charge in [0.1, 0.15) is 17.2 Å². The molecule has 0 aliphatic heterocycles. The van der Waals surface area contributed by atoms with Gasteiger partial charge in [0.2, 0.25) is 10.0 Å². The molecule has 1 heterocycles. The summed E-state index contributed by atoms with van der Waals surface area (Å²) >= 11 is 11.9. The van der Waals surface area contributed by atoms with E-state index in [1.807, 2.05) is 4.72 Å². The number of nitrogen functional groups attached to an aromatic ring is 1. The smallest absolute Gasteiger partial charge is 0.436 e. The number of halogens is 5. The Morgan fingerprint density at radius 1 is 1.33 bits per heavy atom. The molecule has 0 amide bonds. The highest BCUT2D eigenvalue weighted by molar-refractivity contribution is 7.89. The van der Waals surface area contributed by atoms with E-state index in [0.29, 0.717) is 16.8 Å². The number of sulfonamides is 1. The van der Waals surface area contributed by atoms with Gasteiger partial charge in [0.05, 0.1) is 28.9 Å². The number of alkyl halides is 3. The summed E-state index contributed by atoms with van der Waals surface area (Å²) in [5.41, 5.74) is 3.98. The molecule has 0 unspecified atom stereocenters. The molecule has 16 heteroatoms. The Hall–Kier alpha value is -2.55. The van der Waals surface area contributed by atoms with Gasteiger partial charge < -0.3 is 10.5 Å². The van der Waals surface area contributed by atoms with Crippen LogP contribution >= 0.6 is 23.2 Å². The van der Waals surface area contributed by atoms with Crippen LogP contribution in [0.1, 0.15) is 11.3 Å². The van der Waals surface area contributed by atoms with Crippen LogP contribution in [0.5, 0.6) is 0 Å². The fourth-order valence-corrected chi connectivity index (χ4v) is 3.74. The van der Waals surface area contributed by atoms with E-state index in [0.717, 1.165) is 20.4 Å². The lowest BCUT2D eigenvalue weighted by molar-refractivity contribution is -0.137. The average molecular weight is 490 g/mol. The van der Waals surface area contributed by atoms with Crippen LogP contribution in [0.25, 0.3) is 5.69 Å². The number of anilines is 1. The summed E-state index contributed by atoms with van der Waals surface area (Å²) < 4.78 is 70.4. The summed E-state index contributed by atoms with van der Waals surface area (Å²) in [6.07, 6.45) is -5.21. The normalized spacial score (nSPS) is 12.4. The van der Waals surface area contributed by atoms with Crippen molar-refractivity contribution in [3.63, 3.8) is 0 Å². The minimum Gasteiger partial charge on any atom is -0.436 e. The Bertz CT molecular complexity index is 1090. The lowest BCUT2D eigenvalue weighted by Gasteiger charge is -2.13. The molecule has 2 aromatic rings. The van der Waals surface area contributed by atoms with Gasteiger partial charge in [-0.15, -0.1) is 0 Å². The number of nitrogens with two attached hydrogens (primary N) is 1. The van der Waals surface area contributed by atoms with Crippen molar-refractivity contribution in [3.05, 3.63) is 33.4 Å². The van der Waals surface area contributed by atoms with Crippen molar-refractivity contribution in [1.82, 2.24) is 14.5 Å². The second-order valence-electron chi connectivity index (χ2n) is 5.29. The van der Waals surface area contributed by atoms with Crippen molar-refractivity contribution in [2.75, 3.05) is 19.9 Å². The molecule has 10 nitrogen and oxygen atoms in total. The van der Waals surface area contributed by atoms with Crippen LogP contribution in [0.4, 0.5) is 23.8 Å². The van der Waals surface area contributed by atoms with Crippen LogP contribution in [-0.2, 0) is 25.8 Å². The van der Waals surface area contributed by atoms with Gasteiger partial charge in [-0.05, 0) is 19.2 Å². The molecule has 164 valence electrons.